The van der Waals surface area contributed by atoms with E-state index in [1.165, 1.54) is 0 Å². The molecule has 0 spiro atoms. The van der Waals surface area contributed by atoms with Gasteiger partial charge in [0.25, 0.3) is 0 Å². The first kappa shape index (κ1) is 8.84. The predicted octanol–water partition coefficient (Wildman–Crippen LogP) is -1.11. The lowest BCUT2D eigenvalue weighted by atomic mass is 10.4. The Morgan fingerprint density at radius 2 is 2.11 bits per heavy atom. The summed E-state index contributed by atoms with van der Waals surface area (Å²) in [4.78, 5) is 0. The van der Waals surface area contributed by atoms with Crippen molar-refractivity contribution in [3.05, 3.63) is 5.21 Å². The van der Waals surface area contributed by atoms with Crippen LogP contribution in [0.25, 0.3) is 0 Å². The number of quaternary nitrogens is 1. The van der Waals surface area contributed by atoms with Crippen molar-refractivity contribution in [3.63, 3.8) is 0 Å². The number of nitrogens with zero attached hydrogens (tertiary/aromatic N) is 1. The summed E-state index contributed by atoms with van der Waals surface area (Å²) in [6.07, 6.45) is 0. The summed E-state index contributed by atoms with van der Waals surface area (Å²) in [5.41, 5.74) is 0. The highest BCUT2D eigenvalue weighted by molar-refractivity contribution is 4.45. The normalized spacial score (nSPS) is 15.0. The molecule has 0 fully saturated rings. The number of nitrogens with one attached hydrogen (secondary N) is 1. The first-order valence-electron chi connectivity index (χ1n) is 3.15. The molecule has 56 valence electrons. The Balaban J connectivity index is 3.68. The van der Waals surface area contributed by atoms with Gasteiger partial charge in [-0.1, -0.05) is 0 Å². The minimum atomic E-state index is -0.340. The maximum absolute atomic E-state index is 10.5. The van der Waals surface area contributed by atoms with Crippen LogP contribution in [-0.2, 0) is 0 Å². The van der Waals surface area contributed by atoms with E-state index in [2.05, 4.69) is 0 Å². The summed E-state index contributed by atoms with van der Waals surface area (Å²) in [6, 6.07) is 0.215. The zero-order valence-corrected chi connectivity index (χ0v) is 6.22. The summed E-state index contributed by atoms with van der Waals surface area (Å²) >= 11 is 0. The Hall–Kier alpha value is -0.160. The van der Waals surface area contributed by atoms with Crippen molar-refractivity contribution in [2.24, 2.45) is 5.84 Å². The Bertz CT molecular complexity index is 66.6. The van der Waals surface area contributed by atoms with Crippen LogP contribution in [0.5, 0.6) is 0 Å². The lowest BCUT2D eigenvalue weighted by Crippen LogP contribution is -3.20. The second kappa shape index (κ2) is 3.79. The molecule has 1 atom stereocenters. The molecule has 0 aromatic carbocycles. The van der Waals surface area contributed by atoms with Crippen molar-refractivity contribution in [3.8, 4) is 0 Å². The topological polar surface area (TPSA) is 56.8 Å². The number of hydrogen-bond donors (Lipinski definition) is 2. The molecule has 0 bridgehead atoms. The van der Waals surface area contributed by atoms with Gasteiger partial charge in [-0.2, -0.15) is 5.84 Å². The van der Waals surface area contributed by atoms with Crippen LogP contribution in [0.15, 0.2) is 0 Å². The molecule has 0 aliphatic rings. The van der Waals surface area contributed by atoms with Crippen LogP contribution < -0.4 is 11.1 Å². The maximum Gasteiger partial charge on any atom is 0.0553 e. The fourth-order valence-electron chi connectivity index (χ4n) is 0.775. The van der Waals surface area contributed by atoms with Crippen LogP contribution in [0.4, 0.5) is 0 Å². The van der Waals surface area contributed by atoms with Crippen molar-refractivity contribution in [2.45, 2.75) is 26.8 Å². The summed E-state index contributed by atoms with van der Waals surface area (Å²) in [7, 11) is 0. The van der Waals surface area contributed by atoms with Crippen LogP contribution in [0, 0.1) is 5.21 Å². The van der Waals surface area contributed by atoms with Crippen LogP contribution in [-0.4, -0.2) is 17.6 Å². The van der Waals surface area contributed by atoms with Crippen LogP contribution in [0.1, 0.15) is 20.8 Å². The minimum Gasteiger partial charge on any atom is -0.593 e. The molecule has 0 heterocycles. The zero-order valence-electron chi connectivity index (χ0n) is 6.22. The first-order valence-corrected chi connectivity index (χ1v) is 3.15. The largest absolute Gasteiger partial charge is 0.593 e. The Kier molecular flexibility index (Phi) is 3.72. The molecule has 0 aromatic rings. The summed E-state index contributed by atoms with van der Waals surface area (Å²) in [5, 5.41) is 11.8. The lowest BCUT2D eigenvalue weighted by molar-refractivity contribution is -0.987. The highest BCUT2D eigenvalue weighted by atomic mass is 16.6. The summed E-state index contributed by atoms with van der Waals surface area (Å²) < 4.78 is 0. The van der Waals surface area contributed by atoms with Gasteiger partial charge >= 0.3 is 0 Å². The van der Waals surface area contributed by atoms with Gasteiger partial charge in [0.1, 0.15) is 0 Å². The van der Waals surface area contributed by atoms with E-state index in [-0.39, 0.29) is 11.3 Å². The second-order valence-electron chi connectivity index (χ2n) is 2.22. The first-order chi connectivity index (χ1) is 4.09. The van der Waals surface area contributed by atoms with Crippen molar-refractivity contribution in [2.75, 3.05) is 6.54 Å². The summed E-state index contributed by atoms with van der Waals surface area (Å²) in [5.74, 6) is 5.04. The van der Waals surface area contributed by atoms with Crippen molar-refractivity contribution in [1.29, 1.82) is 0 Å². The minimum absolute atomic E-state index is 0.215. The molecule has 4 nitrogen and oxygen atoms in total. The van der Waals surface area contributed by atoms with E-state index in [1.54, 1.807) is 5.01 Å². The highest BCUT2D eigenvalue weighted by Gasteiger charge is 2.09. The molecule has 4 heteroatoms. The number of hydrogen-bond acceptors (Lipinski definition) is 3. The van der Waals surface area contributed by atoms with Crippen LogP contribution in [0.3, 0.4) is 0 Å². The zero-order chi connectivity index (χ0) is 7.44. The van der Waals surface area contributed by atoms with Crippen molar-refractivity contribution in [1.82, 2.24) is 5.01 Å². The van der Waals surface area contributed by atoms with E-state index in [4.69, 9.17) is 5.84 Å². The molecule has 0 rings (SSSR count). The van der Waals surface area contributed by atoms with E-state index in [0.717, 1.165) is 0 Å². The van der Waals surface area contributed by atoms with E-state index in [1.807, 2.05) is 20.8 Å². The van der Waals surface area contributed by atoms with E-state index in [9.17, 15) is 5.21 Å². The smallest absolute Gasteiger partial charge is 0.0553 e. The van der Waals surface area contributed by atoms with Gasteiger partial charge in [-0.05, 0) is 20.8 Å². The molecule has 3 N–H and O–H groups in total. The number of nitrogens with two attached hydrogens (primary N) is 1. The van der Waals surface area contributed by atoms with Crippen LogP contribution in [0.2, 0.25) is 0 Å². The average molecular weight is 133 g/mol. The fourth-order valence-corrected chi connectivity index (χ4v) is 0.775. The standard InChI is InChI=1S/C5H15N3O/c1-4-7(5(2)3)8(6)9/h5,8H,4,6H2,1-3H3. The molecule has 0 amide bonds. The van der Waals surface area contributed by atoms with E-state index >= 15 is 0 Å². The lowest BCUT2D eigenvalue weighted by Gasteiger charge is -2.30. The fraction of sp³-hybridized carbons (Fsp3) is 1.00. The Labute approximate surface area is 55.7 Å². The van der Waals surface area contributed by atoms with E-state index < -0.39 is 0 Å². The average Bonchev–Trinajstić information content (AvgIpc) is 1.64. The third-order valence-corrected chi connectivity index (χ3v) is 1.25. The molecule has 0 aliphatic carbocycles. The van der Waals surface area contributed by atoms with E-state index in [0.29, 0.717) is 6.54 Å². The van der Waals surface area contributed by atoms with Gasteiger partial charge in [-0.15, -0.1) is 5.01 Å². The Morgan fingerprint density at radius 1 is 1.67 bits per heavy atom. The molecular formula is C5H15N3O. The second-order valence-corrected chi connectivity index (χ2v) is 2.22. The molecular weight excluding hydrogens is 118 g/mol. The quantitative estimate of drug-likeness (QED) is 0.379. The Morgan fingerprint density at radius 3 is 2.11 bits per heavy atom. The molecule has 0 aromatic heterocycles. The van der Waals surface area contributed by atoms with Gasteiger partial charge in [0.05, 0.1) is 6.04 Å². The van der Waals surface area contributed by atoms with Crippen LogP contribution >= 0.6 is 0 Å². The van der Waals surface area contributed by atoms with Gasteiger partial charge in [0.2, 0.25) is 0 Å². The molecule has 9 heavy (non-hydrogen) atoms. The molecule has 0 saturated heterocycles. The SMILES string of the molecule is CCN(C(C)C)[NH+](N)[O-]. The van der Waals surface area contributed by atoms with Crippen molar-refractivity contribution >= 4 is 0 Å². The molecule has 0 radical (unpaired) electrons. The third-order valence-electron chi connectivity index (χ3n) is 1.25. The van der Waals surface area contributed by atoms with Gasteiger partial charge in [0, 0.05) is 6.54 Å². The monoisotopic (exact) mass is 133 g/mol. The third kappa shape index (κ3) is 2.76. The molecule has 0 saturated carbocycles. The maximum atomic E-state index is 10.5. The van der Waals surface area contributed by atoms with Gasteiger partial charge in [-0.25, -0.2) is 5.28 Å². The summed E-state index contributed by atoms with van der Waals surface area (Å²) in [6.45, 7) is 6.47. The van der Waals surface area contributed by atoms with Crippen molar-refractivity contribution < 1.29 is 5.28 Å². The van der Waals surface area contributed by atoms with Gasteiger partial charge < -0.3 is 5.21 Å². The van der Waals surface area contributed by atoms with Gasteiger partial charge in [0.15, 0.2) is 0 Å². The number of rotatable bonds is 3. The highest BCUT2D eigenvalue weighted by Crippen LogP contribution is 1.85. The van der Waals surface area contributed by atoms with Gasteiger partial charge in [-0.3, -0.25) is 0 Å². The molecule has 1 unspecified atom stereocenters. The molecule has 0 aliphatic heterocycles. The predicted molar refractivity (Wildman–Crippen MR) is 36.0 cm³/mol.